The molecule has 0 saturated heterocycles. The van der Waals surface area contributed by atoms with Crippen molar-refractivity contribution in [2.24, 2.45) is 11.7 Å². The van der Waals surface area contributed by atoms with Crippen LogP contribution in [0.1, 0.15) is 37.7 Å². The number of benzene rings is 1. The molecule has 21 heavy (non-hydrogen) atoms. The van der Waals surface area contributed by atoms with Crippen LogP contribution in [-0.2, 0) is 0 Å². The van der Waals surface area contributed by atoms with Crippen molar-refractivity contribution < 1.29 is 4.92 Å². The SMILES string of the molecule is N#Cc1ccc([N+](=O)[O-])c(NC(CN)C2CCCCC2)c1. The molecular formula is C15H20N4O2. The van der Waals surface area contributed by atoms with Crippen LogP contribution in [0.25, 0.3) is 0 Å². The van der Waals surface area contributed by atoms with E-state index in [1.807, 2.05) is 6.07 Å². The fourth-order valence-electron chi connectivity index (χ4n) is 2.99. The van der Waals surface area contributed by atoms with E-state index in [1.54, 1.807) is 0 Å². The number of nitrogens with zero attached hydrogens (tertiary/aromatic N) is 2. The Labute approximate surface area is 124 Å². The fourth-order valence-corrected chi connectivity index (χ4v) is 2.99. The zero-order chi connectivity index (χ0) is 15.2. The van der Waals surface area contributed by atoms with Crippen molar-refractivity contribution in [2.45, 2.75) is 38.1 Å². The lowest BCUT2D eigenvalue weighted by molar-refractivity contribution is -0.384. The molecule has 1 atom stereocenters. The van der Waals surface area contributed by atoms with Crippen LogP contribution in [-0.4, -0.2) is 17.5 Å². The molecule has 2 rings (SSSR count). The number of nitrogens with one attached hydrogen (secondary N) is 1. The van der Waals surface area contributed by atoms with E-state index in [1.165, 1.54) is 37.5 Å². The highest BCUT2D eigenvalue weighted by Crippen LogP contribution is 2.31. The van der Waals surface area contributed by atoms with Crippen LogP contribution in [0, 0.1) is 27.4 Å². The number of nitro benzene ring substituents is 1. The molecule has 0 spiro atoms. The van der Waals surface area contributed by atoms with E-state index in [0.717, 1.165) is 12.8 Å². The summed E-state index contributed by atoms with van der Waals surface area (Å²) in [6.45, 7) is 0.429. The van der Waals surface area contributed by atoms with Gasteiger partial charge in [-0.25, -0.2) is 0 Å². The third kappa shape index (κ3) is 3.70. The van der Waals surface area contributed by atoms with Crippen molar-refractivity contribution in [1.29, 1.82) is 5.26 Å². The molecule has 0 heterocycles. The predicted molar refractivity (Wildman–Crippen MR) is 80.9 cm³/mol. The molecule has 1 unspecified atom stereocenters. The van der Waals surface area contributed by atoms with Crippen molar-refractivity contribution in [3.63, 3.8) is 0 Å². The minimum atomic E-state index is -0.433. The highest BCUT2D eigenvalue weighted by atomic mass is 16.6. The first-order valence-electron chi connectivity index (χ1n) is 7.31. The normalized spacial score (nSPS) is 17.0. The topological polar surface area (TPSA) is 105 Å². The monoisotopic (exact) mass is 288 g/mol. The van der Waals surface area contributed by atoms with Crippen molar-refractivity contribution in [3.8, 4) is 6.07 Å². The molecule has 0 bridgehead atoms. The molecule has 1 aliphatic rings. The molecule has 112 valence electrons. The zero-order valence-electron chi connectivity index (χ0n) is 11.9. The second-order valence-electron chi connectivity index (χ2n) is 5.49. The van der Waals surface area contributed by atoms with Crippen LogP contribution in [0.4, 0.5) is 11.4 Å². The summed E-state index contributed by atoms with van der Waals surface area (Å²) in [7, 11) is 0. The van der Waals surface area contributed by atoms with Gasteiger partial charge in [-0.05, 0) is 30.9 Å². The lowest BCUT2D eigenvalue weighted by atomic mass is 9.83. The summed E-state index contributed by atoms with van der Waals surface area (Å²) in [6.07, 6.45) is 5.81. The number of nitro groups is 1. The van der Waals surface area contributed by atoms with Crippen LogP contribution < -0.4 is 11.1 Å². The summed E-state index contributed by atoms with van der Waals surface area (Å²) in [5.41, 5.74) is 6.63. The Bertz CT molecular complexity index is 547. The van der Waals surface area contributed by atoms with Gasteiger partial charge in [0, 0.05) is 18.7 Å². The molecule has 6 nitrogen and oxygen atoms in total. The number of nitriles is 1. The second kappa shape index (κ2) is 7.04. The van der Waals surface area contributed by atoms with Crippen molar-refractivity contribution in [3.05, 3.63) is 33.9 Å². The first-order valence-corrected chi connectivity index (χ1v) is 7.31. The minimum absolute atomic E-state index is 0.0109. The molecule has 6 heteroatoms. The summed E-state index contributed by atoms with van der Waals surface area (Å²) < 4.78 is 0. The average Bonchev–Trinajstić information content (AvgIpc) is 2.53. The Hall–Kier alpha value is -2.13. The Morgan fingerprint density at radius 2 is 2.14 bits per heavy atom. The zero-order valence-corrected chi connectivity index (χ0v) is 11.9. The molecule has 0 amide bonds. The first-order chi connectivity index (χ1) is 10.2. The van der Waals surface area contributed by atoms with Crippen LogP contribution >= 0.6 is 0 Å². The highest BCUT2D eigenvalue weighted by molar-refractivity contribution is 5.64. The van der Waals surface area contributed by atoms with Gasteiger partial charge in [-0.2, -0.15) is 5.26 Å². The van der Waals surface area contributed by atoms with Gasteiger partial charge in [0.05, 0.1) is 16.6 Å². The summed E-state index contributed by atoms with van der Waals surface area (Å²) in [5.74, 6) is 0.439. The molecule has 1 saturated carbocycles. The van der Waals surface area contributed by atoms with Gasteiger partial charge in [0.1, 0.15) is 5.69 Å². The first kappa shape index (κ1) is 15.3. The van der Waals surface area contributed by atoms with Gasteiger partial charge in [-0.15, -0.1) is 0 Å². The maximum Gasteiger partial charge on any atom is 0.292 e. The molecule has 3 N–H and O–H groups in total. The van der Waals surface area contributed by atoms with Crippen LogP contribution in [0.3, 0.4) is 0 Å². The summed E-state index contributed by atoms with van der Waals surface area (Å²) in [5, 5.41) is 23.3. The van der Waals surface area contributed by atoms with Crippen LogP contribution in [0.15, 0.2) is 18.2 Å². The number of nitrogens with two attached hydrogens (primary N) is 1. The van der Waals surface area contributed by atoms with Crippen LogP contribution in [0.5, 0.6) is 0 Å². The molecule has 1 aliphatic carbocycles. The second-order valence-corrected chi connectivity index (χ2v) is 5.49. The lowest BCUT2D eigenvalue weighted by Gasteiger charge is -2.30. The van der Waals surface area contributed by atoms with E-state index in [2.05, 4.69) is 5.32 Å². The molecular weight excluding hydrogens is 268 g/mol. The summed E-state index contributed by atoms with van der Waals surface area (Å²) in [4.78, 5) is 10.7. The number of rotatable bonds is 5. The fraction of sp³-hybridized carbons (Fsp3) is 0.533. The molecule has 1 fully saturated rings. The summed E-state index contributed by atoms with van der Waals surface area (Å²) >= 11 is 0. The van der Waals surface area contributed by atoms with Crippen molar-refractivity contribution in [1.82, 2.24) is 0 Å². The quantitative estimate of drug-likeness (QED) is 0.640. The third-order valence-electron chi connectivity index (χ3n) is 4.14. The van der Waals surface area contributed by atoms with Gasteiger partial charge < -0.3 is 11.1 Å². The molecule has 0 aromatic heterocycles. The number of hydrogen-bond acceptors (Lipinski definition) is 5. The van der Waals surface area contributed by atoms with Gasteiger partial charge in [-0.1, -0.05) is 19.3 Å². The van der Waals surface area contributed by atoms with E-state index in [9.17, 15) is 10.1 Å². The predicted octanol–water partition coefficient (Wildman–Crippen LogP) is 2.79. The van der Waals surface area contributed by atoms with E-state index < -0.39 is 4.92 Å². The average molecular weight is 288 g/mol. The van der Waals surface area contributed by atoms with E-state index >= 15 is 0 Å². The molecule has 0 aliphatic heterocycles. The van der Waals surface area contributed by atoms with Gasteiger partial charge in [0.25, 0.3) is 5.69 Å². The highest BCUT2D eigenvalue weighted by Gasteiger charge is 2.25. The van der Waals surface area contributed by atoms with Crippen molar-refractivity contribution >= 4 is 11.4 Å². The molecule has 0 radical (unpaired) electrons. The Morgan fingerprint density at radius 1 is 1.43 bits per heavy atom. The van der Waals surface area contributed by atoms with E-state index in [-0.39, 0.29) is 11.7 Å². The van der Waals surface area contributed by atoms with Gasteiger partial charge in [0.2, 0.25) is 0 Å². The maximum absolute atomic E-state index is 11.1. The van der Waals surface area contributed by atoms with Gasteiger partial charge in [-0.3, -0.25) is 10.1 Å². The van der Waals surface area contributed by atoms with Crippen molar-refractivity contribution in [2.75, 3.05) is 11.9 Å². The number of hydrogen-bond donors (Lipinski definition) is 2. The molecule has 1 aromatic carbocycles. The smallest absolute Gasteiger partial charge is 0.292 e. The third-order valence-corrected chi connectivity index (χ3v) is 4.14. The van der Waals surface area contributed by atoms with Crippen LogP contribution in [0.2, 0.25) is 0 Å². The Kier molecular flexibility index (Phi) is 5.12. The Balaban J connectivity index is 2.23. The standard InChI is InChI=1S/C15H20N4O2/c16-9-11-6-7-15(19(20)21)13(8-11)18-14(10-17)12-4-2-1-3-5-12/h6-8,12,14,18H,1-5,10,17H2. The minimum Gasteiger partial charge on any atom is -0.375 e. The Morgan fingerprint density at radius 3 is 2.71 bits per heavy atom. The summed E-state index contributed by atoms with van der Waals surface area (Å²) in [6, 6.07) is 6.38. The molecule has 1 aromatic rings. The maximum atomic E-state index is 11.1. The van der Waals surface area contributed by atoms with Gasteiger partial charge >= 0.3 is 0 Å². The van der Waals surface area contributed by atoms with E-state index in [0.29, 0.717) is 23.7 Å². The lowest BCUT2D eigenvalue weighted by Crippen LogP contribution is -2.37. The van der Waals surface area contributed by atoms with E-state index in [4.69, 9.17) is 11.0 Å². The largest absolute Gasteiger partial charge is 0.375 e. The van der Waals surface area contributed by atoms with Gasteiger partial charge in [0.15, 0.2) is 0 Å². The number of anilines is 1.